The van der Waals surface area contributed by atoms with Crippen LogP contribution < -0.4 is 0 Å². The number of benzene rings is 2. The molecule has 110 valence electrons. The highest BCUT2D eigenvalue weighted by atomic mass is 16.6. The molecule has 6 nitrogen and oxygen atoms in total. The summed E-state index contributed by atoms with van der Waals surface area (Å²) in [5.41, 5.74) is 3.24. The minimum Gasteiger partial charge on any atom is -0.352 e. The second-order valence-electron chi connectivity index (χ2n) is 5.26. The van der Waals surface area contributed by atoms with E-state index in [2.05, 4.69) is 11.2 Å². The first kappa shape index (κ1) is 13.0. The molecule has 1 atom stereocenters. The zero-order valence-corrected chi connectivity index (χ0v) is 11.7. The molecule has 0 bridgehead atoms. The number of hydrogen-bond donors (Lipinski definition) is 0. The summed E-state index contributed by atoms with van der Waals surface area (Å²) in [6.07, 6.45) is 2.24. The van der Waals surface area contributed by atoms with E-state index in [4.69, 9.17) is 4.74 Å². The van der Waals surface area contributed by atoms with Crippen molar-refractivity contribution < 1.29 is 9.66 Å². The van der Waals surface area contributed by atoms with E-state index in [1.807, 2.05) is 18.2 Å². The minimum atomic E-state index is -0.400. The molecule has 4 rings (SSSR count). The highest BCUT2D eigenvalue weighted by Crippen LogP contribution is 2.31. The molecule has 3 aromatic rings. The fourth-order valence-electron chi connectivity index (χ4n) is 2.92. The number of aromatic nitrogens is 2. The van der Waals surface area contributed by atoms with Gasteiger partial charge in [-0.25, -0.2) is 4.68 Å². The Bertz CT molecular complexity index is 872. The molecule has 1 unspecified atom stereocenters. The van der Waals surface area contributed by atoms with Crippen LogP contribution in [0.15, 0.2) is 48.7 Å². The van der Waals surface area contributed by atoms with E-state index in [0.29, 0.717) is 6.61 Å². The molecule has 1 aliphatic heterocycles. The third-order valence-corrected chi connectivity index (χ3v) is 3.98. The van der Waals surface area contributed by atoms with E-state index in [1.165, 1.54) is 17.7 Å². The Morgan fingerprint density at radius 3 is 3.00 bits per heavy atom. The molecule has 0 radical (unpaired) electrons. The Kier molecular flexibility index (Phi) is 2.90. The third-order valence-electron chi connectivity index (χ3n) is 3.98. The molecule has 0 N–H and O–H groups in total. The first-order valence-electron chi connectivity index (χ1n) is 7.05. The van der Waals surface area contributed by atoms with Gasteiger partial charge in [0.1, 0.15) is 0 Å². The van der Waals surface area contributed by atoms with Gasteiger partial charge in [0.05, 0.1) is 23.2 Å². The van der Waals surface area contributed by atoms with E-state index >= 15 is 0 Å². The van der Waals surface area contributed by atoms with Gasteiger partial charge >= 0.3 is 0 Å². The number of nitrogens with zero attached hydrogens (tertiary/aromatic N) is 3. The van der Waals surface area contributed by atoms with E-state index in [9.17, 15) is 10.1 Å². The highest BCUT2D eigenvalue weighted by Gasteiger charge is 2.24. The summed E-state index contributed by atoms with van der Waals surface area (Å²) >= 11 is 0. The van der Waals surface area contributed by atoms with Gasteiger partial charge in [0.2, 0.25) is 0 Å². The Labute approximate surface area is 126 Å². The molecule has 0 amide bonds. The van der Waals surface area contributed by atoms with E-state index in [1.54, 1.807) is 16.9 Å². The van der Waals surface area contributed by atoms with Gasteiger partial charge in [-0.15, -0.1) is 0 Å². The van der Waals surface area contributed by atoms with Crippen molar-refractivity contribution in [1.29, 1.82) is 0 Å². The normalized spacial score (nSPS) is 17.4. The summed E-state index contributed by atoms with van der Waals surface area (Å²) < 4.78 is 7.69. The largest absolute Gasteiger partial charge is 0.352 e. The lowest BCUT2D eigenvalue weighted by Crippen LogP contribution is -2.23. The molecular weight excluding hydrogens is 282 g/mol. The number of ether oxygens (including phenoxy) is 1. The maximum Gasteiger partial charge on any atom is 0.270 e. The van der Waals surface area contributed by atoms with E-state index < -0.39 is 4.92 Å². The SMILES string of the molecule is O=[N+]([O-])c1ccc2c(cnn2C2OCCc3ccccc32)c1. The molecule has 2 heterocycles. The smallest absolute Gasteiger partial charge is 0.270 e. The quantitative estimate of drug-likeness (QED) is 0.538. The van der Waals surface area contributed by atoms with Crippen molar-refractivity contribution in [3.8, 4) is 0 Å². The van der Waals surface area contributed by atoms with Crippen LogP contribution >= 0.6 is 0 Å². The van der Waals surface area contributed by atoms with Crippen molar-refractivity contribution in [2.24, 2.45) is 0 Å². The summed E-state index contributed by atoms with van der Waals surface area (Å²) in [6.45, 7) is 0.635. The number of non-ortho nitro benzene ring substituents is 1. The molecule has 0 saturated heterocycles. The summed E-state index contributed by atoms with van der Waals surface area (Å²) in [5, 5.41) is 16.0. The number of fused-ring (bicyclic) bond motifs is 2. The van der Waals surface area contributed by atoms with Crippen molar-refractivity contribution in [1.82, 2.24) is 9.78 Å². The Morgan fingerprint density at radius 2 is 2.14 bits per heavy atom. The average molecular weight is 295 g/mol. The van der Waals surface area contributed by atoms with Crippen molar-refractivity contribution in [2.45, 2.75) is 12.6 Å². The fourth-order valence-corrected chi connectivity index (χ4v) is 2.92. The van der Waals surface area contributed by atoms with E-state index in [0.717, 1.165) is 22.9 Å². The van der Waals surface area contributed by atoms with E-state index in [-0.39, 0.29) is 11.9 Å². The van der Waals surface area contributed by atoms with Gasteiger partial charge in [-0.3, -0.25) is 10.1 Å². The Balaban J connectivity index is 1.84. The lowest BCUT2D eigenvalue weighted by atomic mass is 10.0. The summed E-state index contributed by atoms with van der Waals surface area (Å²) in [5.74, 6) is 0. The zero-order valence-electron chi connectivity index (χ0n) is 11.7. The molecule has 0 spiro atoms. The number of hydrogen-bond acceptors (Lipinski definition) is 4. The summed E-state index contributed by atoms with van der Waals surface area (Å²) in [6, 6.07) is 12.9. The van der Waals surface area contributed by atoms with Gasteiger partial charge < -0.3 is 4.74 Å². The predicted molar refractivity (Wildman–Crippen MR) is 80.6 cm³/mol. The molecule has 6 heteroatoms. The van der Waals surface area contributed by atoms with Gasteiger partial charge in [0, 0.05) is 23.1 Å². The molecule has 22 heavy (non-hydrogen) atoms. The van der Waals surface area contributed by atoms with Gasteiger partial charge in [0.25, 0.3) is 5.69 Å². The lowest BCUT2D eigenvalue weighted by Gasteiger charge is -2.26. The van der Waals surface area contributed by atoms with Crippen molar-refractivity contribution in [3.05, 3.63) is 69.9 Å². The maximum absolute atomic E-state index is 10.9. The van der Waals surface area contributed by atoms with Crippen LogP contribution in [0.4, 0.5) is 5.69 Å². The van der Waals surface area contributed by atoms with Crippen LogP contribution in [-0.4, -0.2) is 21.3 Å². The molecule has 1 aromatic heterocycles. The second kappa shape index (κ2) is 4.92. The van der Waals surface area contributed by atoms with Gasteiger partial charge in [-0.1, -0.05) is 24.3 Å². The first-order chi connectivity index (χ1) is 10.7. The monoisotopic (exact) mass is 295 g/mol. The first-order valence-corrected chi connectivity index (χ1v) is 7.05. The fraction of sp³-hybridized carbons (Fsp3) is 0.188. The zero-order chi connectivity index (χ0) is 15.1. The summed E-state index contributed by atoms with van der Waals surface area (Å²) in [7, 11) is 0. The minimum absolute atomic E-state index is 0.0667. The van der Waals surface area contributed by atoms with Crippen LogP contribution in [0.5, 0.6) is 0 Å². The molecule has 0 saturated carbocycles. The average Bonchev–Trinajstić information content (AvgIpc) is 2.97. The van der Waals surface area contributed by atoms with Crippen LogP contribution in [0.2, 0.25) is 0 Å². The Hall–Kier alpha value is -2.73. The third kappa shape index (κ3) is 1.96. The van der Waals surface area contributed by atoms with Crippen LogP contribution in [0.1, 0.15) is 17.4 Å². The van der Waals surface area contributed by atoms with Crippen LogP contribution in [0.25, 0.3) is 10.9 Å². The van der Waals surface area contributed by atoms with Crippen LogP contribution in [-0.2, 0) is 11.2 Å². The predicted octanol–water partition coefficient (Wildman–Crippen LogP) is 3.06. The number of rotatable bonds is 2. The summed E-state index contributed by atoms with van der Waals surface area (Å²) in [4.78, 5) is 10.5. The lowest BCUT2D eigenvalue weighted by molar-refractivity contribution is -0.384. The van der Waals surface area contributed by atoms with Gasteiger partial charge in [-0.2, -0.15) is 5.10 Å². The van der Waals surface area contributed by atoms with Crippen molar-refractivity contribution >= 4 is 16.6 Å². The highest BCUT2D eigenvalue weighted by molar-refractivity contribution is 5.81. The van der Waals surface area contributed by atoms with Crippen molar-refractivity contribution in [3.63, 3.8) is 0 Å². The van der Waals surface area contributed by atoms with Gasteiger partial charge in [-0.05, 0) is 18.1 Å². The van der Waals surface area contributed by atoms with Crippen LogP contribution in [0, 0.1) is 10.1 Å². The molecule has 0 fully saturated rings. The Morgan fingerprint density at radius 1 is 1.27 bits per heavy atom. The number of nitro benzene ring substituents is 1. The molecular formula is C16H13N3O3. The van der Waals surface area contributed by atoms with Crippen molar-refractivity contribution in [2.75, 3.05) is 6.61 Å². The second-order valence-corrected chi connectivity index (χ2v) is 5.26. The maximum atomic E-state index is 10.9. The topological polar surface area (TPSA) is 70.2 Å². The standard InChI is InChI=1S/C16H13N3O3/c20-19(21)13-5-6-15-12(9-13)10-17-18(15)16-14-4-2-1-3-11(14)7-8-22-16/h1-6,9-10,16H,7-8H2. The molecule has 1 aliphatic rings. The van der Waals surface area contributed by atoms with Gasteiger partial charge in [0.15, 0.2) is 6.23 Å². The molecule has 0 aliphatic carbocycles. The van der Waals surface area contributed by atoms with Crippen LogP contribution in [0.3, 0.4) is 0 Å². The molecule has 2 aromatic carbocycles. The number of nitro groups is 1.